The van der Waals surface area contributed by atoms with Gasteiger partial charge >= 0.3 is 11.9 Å². The minimum Gasteiger partial charge on any atom is -0.481 e. The molecule has 0 heterocycles. The fourth-order valence-electron chi connectivity index (χ4n) is 4.36. The standard InChI is InChI=1S/C26H31NO5/c1-3-32-25(31)18(2)15-26(17-22(26)27-23(28)13-14-24(29)30)16-19-9-11-21(12-10-19)20-7-5-4-6-8-20/h4-12,18,22H,3,13-17H2,1-2H3,(H,27,28)(H,29,30)/t18-,22?,26-/m1/s1. The van der Waals surface area contributed by atoms with Crippen molar-refractivity contribution in [3.63, 3.8) is 0 Å². The summed E-state index contributed by atoms with van der Waals surface area (Å²) in [6.07, 6.45) is 1.87. The number of carbonyl (C=O) groups is 3. The van der Waals surface area contributed by atoms with E-state index >= 15 is 0 Å². The Kier molecular flexibility index (Phi) is 7.67. The highest BCUT2D eigenvalue weighted by atomic mass is 16.5. The Morgan fingerprint density at radius 1 is 1.06 bits per heavy atom. The second-order valence-electron chi connectivity index (χ2n) is 8.68. The van der Waals surface area contributed by atoms with Gasteiger partial charge in [0.25, 0.3) is 0 Å². The number of hydrogen-bond acceptors (Lipinski definition) is 4. The molecule has 0 aliphatic heterocycles. The maximum absolute atomic E-state index is 12.2. The zero-order valence-corrected chi connectivity index (χ0v) is 18.7. The molecule has 0 saturated heterocycles. The number of benzene rings is 2. The van der Waals surface area contributed by atoms with Crippen molar-refractivity contribution < 1.29 is 24.2 Å². The summed E-state index contributed by atoms with van der Waals surface area (Å²) in [5.41, 5.74) is 3.19. The fourth-order valence-corrected chi connectivity index (χ4v) is 4.36. The molecule has 1 fully saturated rings. The summed E-state index contributed by atoms with van der Waals surface area (Å²) in [4.78, 5) is 35.2. The number of carboxylic acids is 1. The molecule has 0 spiro atoms. The van der Waals surface area contributed by atoms with Gasteiger partial charge in [-0.1, -0.05) is 61.5 Å². The molecule has 1 amide bonds. The van der Waals surface area contributed by atoms with Crippen LogP contribution in [0.3, 0.4) is 0 Å². The number of nitrogens with one attached hydrogen (secondary N) is 1. The first-order valence-corrected chi connectivity index (χ1v) is 11.1. The highest BCUT2D eigenvalue weighted by molar-refractivity contribution is 5.81. The van der Waals surface area contributed by atoms with E-state index in [1.807, 2.05) is 25.1 Å². The van der Waals surface area contributed by atoms with Crippen LogP contribution in [0.15, 0.2) is 54.6 Å². The predicted molar refractivity (Wildman–Crippen MR) is 122 cm³/mol. The average Bonchev–Trinajstić information content (AvgIpc) is 3.43. The molecule has 2 N–H and O–H groups in total. The van der Waals surface area contributed by atoms with Crippen molar-refractivity contribution in [2.45, 2.75) is 52.0 Å². The molecule has 170 valence electrons. The molecule has 2 aromatic rings. The molecule has 0 bridgehead atoms. The summed E-state index contributed by atoms with van der Waals surface area (Å²) >= 11 is 0. The van der Waals surface area contributed by atoms with Crippen molar-refractivity contribution in [2.75, 3.05) is 6.61 Å². The highest BCUT2D eigenvalue weighted by Gasteiger charge is 2.55. The van der Waals surface area contributed by atoms with Gasteiger partial charge in [0.2, 0.25) is 5.91 Å². The van der Waals surface area contributed by atoms with Crippen LogP contribution in [0, 0.1) is 11.3 Å². The van der Waals surface area contributed by atoms with Crippen LogP contribution in [0.25, 0.3) is 11.1 Å². The molecule has 6 nitrogen and oxygen atoms in total. The van der Waals surface area contributed by atoms with E-state index in [1.165, 1.54) is 0 Å². The third-order valence-electron chi connectivity index (χ3n) is 6.11. The van der Waals surface area contributed by atoms with Crippen LogP contribution in [-0.2, 0) is 25.5 Å². The van der Waals surface area contributed by atoms with Gasteiger partial charge in [-0.15, -0.1) is 0 Å². The number of carboxylic acid groups (broad SMARTS) is 1. The third-order valence-corrected chi connectivity index (χ3v) is 6.11. The Balaban J connectivity index is 1.71. The van der Waals surface area contributed by atoms with E-state index in [0.717, 1.165) is 29.5 Å². The number of ether oxygens (including phenoxy) is 1. The molecule has 6 heteroatoms. The molecule has 1 unspecified atom stereocenters. The number of amides is 1. The minimum atomic E-state index is -0.989. The summed E-state index contributed by atoms with van der Waals surface area (Å²) in [6.45, 7) is 3.99. The van der Waals surface area contributed by atoms with Crippen molar-refractivity contribution in [1.82, 2.24) is 5.32 Å². The summed E-state index contributed by atoms with van der Waals surface area (Å²) < 4.78 is 5.18. The van der Waals surface area contributed by atoms with Gasteiger partial charge in [0, 0.05) is 12.5 Å². The van der Waals surface area contributed by atoms with Gasteiger partial charge in [-0.3, -0.25) is 14.4 Å². The van der Waals surface area contributed by atoms with E-state index in [2.05, 4.69) is 41.7 Å². The zero-order chi connectivity index (χ0) is 23.1. The number of rotatable bonds is 11. The molecular weight excluding hydrogens is 406 g/mol. The Labute approximate surface area is 189 Å². The first-order valence-electron chi connectivity index (χ1n) is 11.1. The molecular formula is C26H31NO5. The van der Waals surface area contributed by atoms with Gasteiger partial charge in [0.15, 0.2) is 0 Å². The summed E-state index contributed by atoms with van der Waals surface area (Å²) in [5, 5.41) is 11.8. The predicted octanol–water partition coefficient (Wildman–Crippen LogP) is 4.23. The first kappa shape index (κ1) is 23.5. The molecule has 3 rings (SSSR count). The van der Waals surface area contributed by atoms with Crippen LogP contribution in [0.5, 0.6) is 0 Å². The first-order chi connectivity index (χ1) is 15.3. The lowest BCUT2D eigenvalue weighted by Gasteiger charge is -2.22. The number of carbonyl (C=O) groups excluding carboxylic acids is 2. The zero-order valence-electron chi connectivity index (χ0n) is 18.7. The largest absolute Gasteiger partial charge is 0.481 e. The second-order valence-corrected chi connectivity index (χ2v) is 8.68. The molecule has 1 aliphatic carbocycles. The molecule has 2 aromatic carbocycles. The lowest BCUT2D eigenvalue weighted by molar-refractivity contribution is -0.148. The summed E-state index contributed by atoms with van der Waals surface area (Å²) in [5.74, 6) is -1.76. The van der Waals surface area contributed by atoms with Gasteiger partial charge < -0.3 is 15.2 Å². The highest BCUT2D eigenvalue weighted by Crippen LogP contribution is 2.53. The molecule has 0 radical (unpaired) electrons. The maximum atomic E-state index is 12.2. The Morgan fingerprint density at radius 3 is 2.34 bits per heavy atom. The smallest absolute Gasteiger partial charge is 0.308 e. The van der Waals surface area contributed by atoms with Gasteiger partial charge in [0.05, 0.1) is 18.9 Å². The Hall–Kier alpha value is -3.15. The van der Waals surface area contributed by atoms with Crippen molar-refractivity contribution in [3.05, 3.63) is 60.2 Å². The van der Waals surface area contributed by atoms with E-state index in [1.54, 1.807) is 6.92 Å². The normalized spacial score (nSPS) is 20.2. The lowest BCUT2D eigenvalue weighted by Crippen LogP contribution is -2.32. The van der Waals surface area contributed by atoms with Gasteiger partial charge in [-0.25, -0.2) is 0 Å². The second kappa shape index (κ2) is 10.4. The van der Waals surface area contributed by atoms with Gasteiger partial charge in [-0.2, -0.15) is 0 Å². The topological polar surface area (TPSA) is 92.7 Å². The fraction of sp³-hybridized carbons (Fsp3) is 0.423. The van der Waals surface area contributed by atoms with E-state index in [0.29, 0.717) is 13.0 Å². The van der Waals surface area contributed by atoms with Crippen LogP contribution in [0.1, 0.15) is 45.1 Å². The average molecular weight is 438 g/mol. The van der Waals surface area contributed by atoms with Crippen molar-refractivity contribution in [3.8, 4) is 11.1 Å². The molecule has 1 saturated carbocycles. The van der Waals surface area contributed by atoms with E-state index < -0.39 is 5.97 Å². The Morgan fingerprint density at radius 2 is 1.72 bits per heavy atom. The van der Waals surface area contributed by atoms with Crippen LogP contribution in [0.2, 0.25) is 0 Å². The minimum absolute atomic E-state index is 0.0406. The third kappa shape index (κ3) is 6.19. The SMILES string of the molecule is CCOC(=O)[C@H](C)C[C@@]1(Cc2ccc(-c3ccccc3)cc2)CC1NC(=O)CCC(=O)O. The number of aliphatic carboxylic acids is 1. The molecule has 1 aliphatic rings. The van der Waals surface area contributed by atoms with Crippen LogP contribution >= 0.6 is 0 Å². The van der Waals surface area contributed by atoms with E-state index in [9.17, 15) is 14.4 Å². The van der Waals surface area contributed by atoms with Crippen LogP contribution in [-0.4, -0.2) is 35.6 Å². The van der Waals surface area contributed by atoms with E-state index in [4.69, 9.17) is 9.84 Å². The number of esters is 1. The summed E-state index contributed by atoms with van der Waals surface area (Å²) in [6, 6.07) is 18.5. The summed E-state index contributed by atoms with van der Waals surface area (Å²) in [7, 11) is 0. The Bertz CT molecular complexity index is 940. The maximum Gasteiger partial charge on any atom is 0.308 e. The van der Waals surface area contributed by atoms with E-state index in [-0.39, 0.29) is 42.1 Å². The molecule has 3 atom stereocenters. The molecule has 32 heavy (non-hydrogen) atoms. The van der Waals surface area contributed by atoms with Crippen molar-refractivity contribution in [2.24, 2.45) is 11.3 Å². The van der Waals surface area contributed by atoms with Crippen molar-refractivity contribution >= 4 is 17.8 Å². The number of hydrogen-bond donors (Lipinski definition) is 2. The molecule has 0 aromatic heterocycles. The monoisotopic (exact) mass is 437 g/mol. The van der Waals surface area contributed by atoms with Crippen LogP contribution in [0.4, 0.5) is 0 Å². The van der Waals surface area contributed by atoms with Gasteiger partial charge in [0.1, 0.15) is 0 Å². The lowest BCUT2D eigenvalue weighted by atomic mass is 9.86. The van der Waals surface area contributed by atoms with Crippen LogP contribution < -0.4 is 5.32 Å². The quantitative estimate of drug-likeness (QED) is 0.514. The van der Waals surface area contributed by atoms with Gasteiger partial charge in [-0.05, 0) is 48.3 Å². The van der Waals surface area contributed by atoms with Crippen molar-refractivity contribution in [1.29, 1.82) is 0 Å².